The Morgan fingerprint density at radius 3 is 2.76 bits per heavy atom. The van der Waals surface area contributed by atoms with Crippen LogP contribution in [0.2, 0.25) is 0 Å². The molecule has 116 valence electrons. The molecule has 0 radical (unpaired) electrons. The maximum absolute atomic E-state index is 12.8. The summed E-state index contributed by atoms with van der Waals surface area (Å²) in [5.74, 6) is 0.993. The summed E-state index contributed by atoms with van der Waals surface area (Å²) in [6.07, 6.45) is 2.83. The molecular weight excluding hydrogens is 284 g/mol. The number of fused-ring (bicyclic) bond motifs is 1. The number of hydrogen-bond donors (Lipinski definition) is 2. The standard InChI is InChI=1S/C16H24N2O2S/c1-11-6-7-15(12(11)2)18-21(19,20)16-5-3-4-13-10-17-9-8-14(13)16/h3-5,11-12,15,17-18H,6-10H2,1-2H3. The van der Waals surface area contributed by atoms with Crippen LogP contribution in [0.15, 0.2) is 23.1 Å². The smallest absolute Gasteiger partial charge is 0.241 e. The summed E-state index contributed by atoms with van der Waals surface area (Å²) >= 11 is 0. The molecule has 1 fully saturated rings. The van der Waals surface area contributed by atoms with E-state index in [9.17, 15) is 8.42 Å². The third-order valence-electron chi connectivity index (χ3n) is 5.16. The SMILES string of the molecule is CC1CCC(NS(=O)(=O)c2cccc3c2CCNC3)C1C. The molecule has 1 heterocycles. The van der Waals surface area contributed by atoms with Crippen molar-refractivity contribution in [3.63, 3.8) is 0 Å². The fourth-order valence-corrected chi connectivity index (χ4v) is 5.22. The number of benzene rings is 1. The van der Waals surface area contributed by atoms with Crippen molar-refractivity contribution >= 4 is 10.0 Å². The second kappa shape index (κ2) is 5.71. The van der Waals surface area contributed by atoms with Crippen LogP contribution in [0.25, 0.3) is 0 Å². The van der Waals surface area contributed by atoms with Crippen LogP contribution in [0.3, 0.4) is 0 Å². The lowest BCUT2D eigenvalue weighted by atomic mass is 9.98. The lowest BCUT2D eigenvalue weighted by Gasteiger charge is -2.23. The number of hydrogen-bond acceptors (Lipinski definition) is 3. The molecule has 0 bridgehead atoms. The van der Waals surface area contributed by atoms with Crippen LogP contribution in [0, 0.1) is 11.8 Å². The molecule has 2 N–H and O–H groups in total. The van der Waals surface area contributed by atoms with Gasteiger partial charge >= 0.3 is 0 Å². The van der Waals surface area contributed by atoms with Crippen molar-refractivity contribution in [2.75, 3.05) is 6.54 Å². The van der Waals surface area contributed by atoms with Crippen LogP contribution < -0.4 is 10.0 Å². The summed E-state index contributed by atoms with van der Waals surface area (Å²) in [7, 11) is -3.42. The molecule has 3 atom stereocenters. The van der Waals surface area contributed by atoms with E-state index in [-0.39, 0.29) is 6.04 Å². The summed E-state index contributed by atoms with van der Waals surface area (Å²) in [6.45, 7) is 5.95. The highest BCUT2D eigenvalue weighted by molar-refractivity contribution is 7.89. The highest BCUT2D eigenvalue weighted by Crippen LogP contribution is 2.32. The molecular formula is C16H24N2O2S. The van der Waals surface area contributed by atoms with Crippen molar-refractivity contribution < 1.29 is 8.42 Å². The van der Waals surface area contributed by atoms with Gasteiger partial charge in [-0.05, 0) is 54.8 Å². The van der Waals surface area contributed by atoms with Crippen LogP contribution in [0.4, 0.5) is 0 Å². The Labute approximate surface area is 127 Å². The molecule has 1 aliphatic heterocycles. The average molecular weight is 308 g/mol. The van der Waals surface area contributed by atoms with Crippen LogP contribution in [-0.4, -0.2) is 21.0 Å². The van der Waals surface area contributed by atoms with Crippen molar-refractivity contribution in [2.45, 2.75) is 50.6 Å². The van der Waals surface area contributed by atoms with Crippen molar-refractivity contribution in [3.8, 4) is 0 Å². The maximum Gasteiger partial charge on any atom is 0.241 e. The van der Waals surface area contributed by atoms with Gasteiger partial charge in [-0.15, -0.1) is 0 Å². The van der Waals surface area contributed by atoms with Gasteiger partial charge in [-0.25, -0.2) is 13.1 Å². The molecule has 0 amide bonds. The van der Waals surface area contributed by atoms with Crippen molar-refractivity contribution in [3.05, 3.63) is 29.3 Å². The first kappa shape index (κ1) is 15.0. The van der Waals surface area contributed by atoms with Gasteiger partial charge in [0, 0.05) is 12.6 Å². The normalized spacial score (nSPS) is 29.3. The zero-order valence-electron chi connectivity index (χ0n) is 12.7. The average Bonchev–Trinajstić information content (AvgIpc) is 2.78. The minimum atomic E-state index is -3.42. The fraction of sp³-hybridized carbons (Fsp3) is 0.625. The summed E-state index contributed by atoms with van der Waals surface area (Å²) < 4.78 is 28.5. The molecule has 5 heteroatoms. The molecule has 1 aromatic carbocycles. The Morgan fingerprint density at radius 1 is 1.24 bits per heavy atom. The lowest BCUT2D eigenvalue weighted by Crippen LogP contribution is -2.38. The Balaban J connectivity index is 1.89. The van der Waals surface area contributed by atoms with E-state index in [1.54, 1.807) is 6.07 Å². The van der Waals surface area contributed by atoms with Gasteiger partial charge in [0.1, 0.15) is 0 Å². The second-order valence-corrected chi connectivity index (χ2v) is 8.14. The van der Waals surface area contributed by atoms with Crippen molar-refractivity contribution in [1.82, 2.24) is 10.0 Å². The maximum atomic E-state index is 12.8. The molecule has 1 aromatic rings. The summed E-state index contributed by atoms with van der Waals surface area (Å²) in [5, 5.41) is 3.29. The van der Waals surface area contributed by atoms with E-state index >= 15 is 0 Å². The number of sulfonamides is 1. The second-order valence-electron chi connectivity index (χ2n) is 6.46. The number of nitrogens with one attached hydrogen (secondary N) is 2. The first-order valence-electron chi connectivity index (χ1n) is 7.83. The monoisotopic (exact) mass is 308 g/mol. The van der Waals surface area contributed by atoms with Gasteiger partial charge in [-0.3, -0.25) is 0 Å². The first-order valence-corrected chi connectivity index (χ1v) is 9.31. The highest BCUT2D eigenvalue weighted by Gasteiger charge is 2.34. The molecule has 0 aromatic heterocycles. The van der Waals surface area contributed by atoms with Crippen LogP contribution >= 0.6 is 0 Å². The topological polar surface area (TPSA) is 58.2 Å². The van der Waals surface area contributed by atoms with Gasteiger partial charge in [0.25, 0.3) is 0 Å². The van der Waals surface area contributed by atoms with E-state index in [1.807, 2.05) is 12.1 Å². The molecule has 1 aliphatic carbocycles. The lowest BCUT2D eigenvalue weighted by molar-refractivity contribution is 0.402. The summed E-state index contributed by atoms with van der Waals surface area (Å²) in [6, 6.07) is 5.68. The molecule has 3 unspecified atom stereocenters. The van der Waals surface area contributed by atoms with Gasteiger partial charge in [-0.2, -0.15) is 0 Å². The van der Waals surface area contributed by atoms with Crippen molar-refractivity contribution in [2.24, 2.45) is 11.8 Å². The van der Waals surface area contributed by atoms with Crippen molar-refractivity contribution in [1.29, 1.82) is 0 Å². The molecule has 21 heavy (non-hydrogen) atoms. The fourth-order valence-electron chi connectivity index (χ4n) is 3.54. The van der Waals surface area contributed by atoms with E-state index in [4.69, 9.17) is 0 Å². The van der Waals surface area contributed by atoms with Gasteiger partial charge < -0.3 is 5.32 Å². The van der Waals surface area contributed by atoms with Crippen LogP contribution in [0.5, 0.6) is 0 Å². The van der Waals surface area contributed by atoms with E-state index in [1.165, 1.54) is 0 Å². The Hall–Kier alpha value is -0.910. The van der Waals surface area contributed by atoms with E-state index < -0.39 is 10.0 Å². The van der Waals surface area contributed by atoms with E-state index in [2.05, 4.69) is 23.9 Å². The van der Waals surface area contributed by atoms with E-state index in [0.717, 1.165) is 43.5 Å². The predicted octanol–water partition coefficient (Wildman–Crippen LogP) is 2.05. The Kier molecular flexibility index (Phi) is 4.08. The molecule has 0 spiro atoms. The minimum absolute atomic E-state index is 0.0718. The third kappa shape index (κ3) is 2.87. The van der Waals surface area contributed by atoms with Gasteiger partial charge in [0.05, 0.1) is 4.90 Å². The molecule has 2 aliphatic rings. The third-order valence-corrected chi connectivity index (χ3v) is 6.73. The van der Waals surface area contributed by atoms with Gasteiger partial charge in [-0.1, -0.05) is 26.0 Å². The molecule has 0 saturated heterocycles. The van der Waals surface area contributed by atoms with E-state index in [0.29, 0.717) is 16.7 Å². The Bertz CT molecular complexity index is 627. The summed E-state index contributed by atoms with van der Waals surface area (Å²) in [4.78, 5) is 0.480. The quantitative estimate of drug-likeness (QED) is 0.898. The number of rotatable bonds is 3. The van der Waals surface area contributed by atoms with Crippen LogP contribution in [-0.2, 0) is 23.0 Å². The van der Waals surface area contributed by atoms with Crippen LogP contribution in [0.1, 0.15) is 37.8 Å². The zero-order valence-corrected chi connectivity index (χ0v) is 13.5. The molecule has 1 saturated carbocycles. The summed E-state index contributed by atoms with van der Waals surface area (Å²) in [5.41, 5.74) is 2.10. The largest absolute Gasteiger partial charge is 0.312 e. The predicted molar refractivity (Wildman–Crippen MR) is 83.5 cm³/mol. The zero-order chi connectivity index (χ0) is 15.0. The molecule has 4 nitrogen and oxygen atoms in total. The van der Waals surface area contributed by atoms with Gasteiger partial charge in [0.2, 0.25) is 10.0 Å². The first-order chi connectivity index (χ1) is 9.99. The minimum Gasteiger partial charge on any atom is -0.312 e. The Morgan fingerprint density at radius 2 is 2.05 bits per heavy atom. The highest BCUT2D eigenvalue weighted by atomic mass is 32.2. The van der Waals surface area contributed by atoms with Gasteiger partial charge in [0.15, 0.2) is 0 Å². The molecule has 3 rings (SSSR count).